The minimum Gasteiger partial charge on any atom is -0.489 e. The van der Waals surface area contributed by atoms with Crippen LogP contribution in [-0.2, 0) is 6.61 Å². The first-order valence-electron chi connectivity index (χ1n) is 9.19. The molecule has 1 aromatic heterocycles. The van der Waals surface area contributed by atoms with Crippen LogP contribution in [0.15, 0.2) is 66.9 Å². The normalized spacial score (nSPS) is 11.0. The number of nitrogens with one attached hydrogen (secondary N) is 1. The molecular weight excluding hydrogens is 360 g/mol. The summed E-state index contributed by atoms with van der Waals surface area (Å²) in [5.41, 5.74) is 11.5. The van der Waals surface area contributed by atoms with Crippen molar-refractivity contribution in [1.82, 2.24) is 4.98 Å². The van der Waals surface area contributed by atoms with Gasteiger partial charge in [0.1, 0.15) is 12.4 Å². The molecule has 3 rings (SSSR count). The molecule has 0 aliphatic rings. The predicted molar refractivity (Wildman–Crippen MR) is 115 cm³/mol. The van der Waals surface area contributed by atoms with Crippen LogP contribution in [0.4, 0.5) is 0 Å². The highest BCUT2D eigenvalue weighted by Crippen LogP contribution is 2.23. The van der Waals surface area contributed by atoms with Crippen LogP contribution < -0.4 is 10.5 Å². The van der Waals surface area contributed by atoms with Gasteiger partial charge in [-0.15, -0.1) is 0 Å². The van der Waals surface area contributed by atoms with Crippen LogP contribution in [0.2, 0.25) is 0 Å². The monoisotopic (exact) mass is 382 g/mol. The van der Waals surface area contributed by atoms with Gasteiger partial charge in [-0.05, 0) is 49.7 Å². The summed E-state index contributed by atoms with van der Waals surface area (Å²) in [4.78, 5) is 4.38. The maximum absolute atomic E-state index is 9.21. The van der Waals surface area contributed by atoms with Gasteiger partial charge in [0.2, 0.25) is 0 Å². The Kier molecular flexibility index (Phi) is 6.06. The second kappa shape index (κ2) is 8.85. The second-order valence-corrected chi connectivity index (χ2v) is 6.68. The zero-order valence-corrected chi connectivity index (χ0v) is 16.4. The van der Waals surface area contributed by atoms with E-state index < -0.39 is 0 Å². The third kappa shape index (κ3) is 4.69. The van der Waals surface area contributed by atoms with E-state index in [1.165, 1.54) is 6.20 Å². The Bertz CT molecular complexity index is 1110. The van der Waals surface area contributed by atoms with E-state index in [0.29, 0.717) is 28.2 Å². The minimum absolute atomic E-state index is 0.281. The fourth-order valence-corrected chi connectivity index (χ4v) is 3.13. The molecule has 0 saturated carbocycles. The van der Waals surface area contributed by atoms with E-state index in [1.807, 2.05) is 68.4 Å². The van der Waals surface area contributed by atoms with Crippen molar-refractivity contribution in [1.29, 1.82) is 10.7 Å². The summed E-state index contributed by atoms with van der Waals surface area (Å²) >= 11 is 0. The van der Waals surface area contributed by atoms with Gasteiger partial charge < -0.3 is 10.5 Å². The molecule has 0 unspecified atom stereocenters. The zero-order valence-electron chi connectivity index (χ0n) is 16.4. The fourth-order valence-electron chi connectivity index (χ4n) is 3.13. The number of pyridine rings is 1. The summed E-state index contributed by atoms with van der Waals surface area (Å²) in [6, 6.07) is 20.7. The summed E-state index contributed by atoms with van der Waals surface area (Å²) in [6.45, 7) is 4.12. The van der Waals surface area contributed by atoms with Crippen LogP contribution in [0.25, 0.3) is 5.57 Å². The molecule has 0 bridgehead atoms. The number of nitrogens with zero attached hydrogens (tertiary/aromatic N) is 2. The molecule has 0 aliphatic heterocycles. The van der Waals surface area contributed by atoms with Gasteiger partial charge >= 0.3 is 0 Å². The van der Waals surface area contributed by atoms with Gasteiger partial charge in [0.25, 0.3) is 0 Å². The first kappa shape index (κ1) is 19.8. The van der Waals surface area contributed by atoms with Gasteiger partial charge in [-0.3, -0.25) is 10.4 Å². The topological polar surface area (TPSA) is 95.8 Å². The molecule has 29 heavy (non-hydrogen) atoms. The standard InChI is InChI=1S/C24H22N4O/c1-16-10-21(11-17(2)28-16)23(14-26)24(27)18-8-5-9-22(12-18)29-15-20-7-4-3-6-19(20)13-25/h3-12,14,27H,15,26H2,1-2H3/b23-14-,27-24?. The smallest absolute Gasteiger partial charge is 0.120 e. The third-order valence-electron chi connectivity index (χ3n) is 4.48. The third-order valence-corrected chi connectivity index (χ3v) is 4.48. The van der Waals surface area contributed by atoms with E-state index in [0.717, 1.165) is 22.5 Å². The number of benzene rings is 2. The highest BCUT2D eigenvalue weighted by atomic mass is 16.5. The Morgan fingerprint density at radius 3 is 2.48 bits per heavy atom. The summed E-state index contributed by atoms with van der Waals surface area (Å²) in [5.74, 6) is 0.624. The van der Waals surface area contributed by atoms with Gasteiger partial charge in [0.05, 0.1) is 17.3 Å². The van der Waals surface area contributed by atoms with Gasteiger partial charge in [-0.1, -0.05) is 30.3 Å². The maximum Gasteiger partial charge on any atom is 0.120 e. The SMILES string of the molecule is Cc1cc(/C(=C/N)C(=N)c2cccc(OCc3ccccc3C#N)c2)cc(C)n1. The van der Waals surface area contributed by atoms with Crippen molar-refractivity contribution in [2.45, 2.75) is 20.5 Å². The highest BCUT2D eigenvalue weighted by Gasteiger charge is 2.13. The molecule has 0 atom stereocenters. The molecule has 0 saturated heterocycles. The lowest BCUT2D eigenvalue weighted by molar-refractivity contribution is 0.306. The average Bonchev–Trinajstić information content (AvgIpc) is 2.72. The second-order valence-electron chi connectivity index (χ2n) is 6.68. The Morgan fingerprint density at radius 2 is 1.79 bits per heavy atom. The van der Waals surface area contributed by atoms with Crippen LogP contribution >= 0.6 is 0 Å². The minimum atomic E-state index is 0.281. The van der Waals surface area contributed by atoms with Crippen molar-refractivity contribution >= 4 is 11.3 Å². The number of nitrogens with two attached hydrogens (primary N) is 1. The van der Waals surface area contributed by atoms with Gasteiger partial charge in [-0.2, -0.15) is 5.26 Å². The number of rotatable bonds is 6. The highest BCUT2D eigenvalue weighted by molar-refractivity contribution is 6.30. The molecule has 5 nitrogen and oxygen atoms in total. The van der Waals surface area contributed by atoms with E-state index in [4.69, 9.17) is 15.9 Å². The van der Waals surface area contributed by atoms with Crippen LogP contribution in [0, 0.1) is 30.6 Å². The molecule has 0 radical (unpaired) electrons. The average molecular weight is 382 g/mol. The predicted octanol–water partition coefficient (Wildman–Crippen LogP) is 4.52. The lowest BCUT2D eigenvalue weighted by Gasteiger charge is -2.13. The van der Waals surface area contributed by atoms with E-state index >= 15 is 0 Å². The van der Waals surface area contributed by atoms with Crippen LogP contribution in [-0.4, -0.2) is 10.7 Å². The number of allylic oxidation sites excluding steroid dienone is 1. The number of hydrogen-bond donors (Lipinski definition) is 2. The van der Waals surface area contributed by atoms with E-state index in [1.54, 1.807) is 6.07 Å². The quantitative estimate of drug-likeness (QED) is 0.613. The van der Waals surface area contributed by atoms with Crippen molar-refractivity contribution < 1.29 is 4.74 Å². The number of aryl methyl sites for hydroxylation is 2. The summed E-state index contributed by atoms with van der Waals surface area (Å²) in [6.07, 6.45) is 1.45. The molecule has 0 aliphatic carbocycles. The summed E-state index contributed by atoms with van der Waals surface area (Å²) in [7, 11) is 0. The zero-order chi connectivity index (χ0) is 20.8. The van der Waals surface area contributed by atoms with Crippen LogP contribution in [0.5, 0.6) is 5.75 Å². The Labute approximate surface area is 170 Å². The first-order valence-corrected chi connectivity index (χ1v) is 9.19. The number of nitriles is 1. The van der Waals surface area contributed by atoms with Crippen molar-refractivity contribution in [2.75, 3.05) is 0 Å². The number of hydrogen-bond acceptors (Lipinski definition) is 5. The maximum atomic E-state index is 9.21. The van der Waals surface area contributed by atoms with Crippen LogP contribution in [0.3, 0.4) is 0 Å². The van der Waals surface area contributed by atoms with Crippen molar-refractivity contribution in [3.63, 3.8) is 0 Å². The van der Waals surface area contributed by atoms with Crippen LogP contribution in [0.1, 0.15) is 33.6 Å². The molecule has 2 aromatic carbocycles. The number of ether oxygens (including phenoxy) is 1. The molecule has 3 N–H and O–H groups in total. The lowest BCUT2D eigenvalue weighted by Crippen LogP contribution is -2.07. The van der Waals surface area contributed by atoms with Crippen molar-refractivity contribution in [3.8, 4) is 11.8 Å². The fraction of sp³-hybridized carbons (Fsp3) is 0.125. The molecule has 5 heteroatoms. The Balaban J connectivity index is 1.82. The molecule has 0 amide bonds. The molecule has 0 fully saturated rings. The van der Waals surface area contributed by atoms with Gasteiger partial charge in [0, 0.05) is 34.3 Å². The Hall–Kier alpha value is -3.91. The first-order chi connectivity index (χ1) is 14.0. The molecule has 1 heterocycles. The summed E-state index contributed by atoms with van der Waals surface area (Å²) < 4.78 is 5.87. The Morgan fingerprint density at radius 1 is 1.07 bits per heavy atom. The molecular formula is C24H22N4O. The van der Waals surface area contributed by atoms with E-state index in [-0.39, 0.29) is 6.61 Å². The van der Waals surface area contributed by atoms with Crippen molar-refractivity contribution in [3.05, 3.63) is 101 Å². The van der Waals surface area contributed by atoms with Crippen molar-refractivity contribution in [2.24, 2.45) is 5.73 Å². The molecule has 144 valence electrons. The number of aromatic nitrogens is 1. The van der Waals surface area contributed by atoms with Gasteiger partial charge in [0.15, 0.2) is 0 Å². The lowest BCUT2D eigenvalue weighted by atomic mass is 9.96. The molecule has 3 aromatic rings. The largest absolute Gasteiger partial charge is 0.489 e. The van der Waals surface area contributed by atoms with E-state index in [9.17, 15) is 5.26 Å². The van der Waals surface area contributed by atoms with E-state index in [2.05, 4.69) is 11.1 Å². The summed E-state index contributed by atoms with van der Waals surface area (Å²) in [5, 5.41) is 17.9. The van der Waals surface area contributed by atoms with Gasteiger partial charge in [-0.25, -0.2) is 0 Å². The molecule has 0 spiro atoms.